The van der Waals surface area contributed by atoms with E-state index < -0.39 is 0 Å². The molecular formula is C20H20Cl2N2O2. The third-order valence-corrected chi connectivity index (χ3v) is 5.02. The summed E-state index contributed by atoms with van der Waals surface area (Å²) in [6.07, 6.45) is 2.09. The minimum Gasteiger partial charge on any atom is -0.339 e. The van der Waals surface area contributed by atoms with Gasteiger partial charge in [0.15, 0.2) is 0 Å². The highest BCUT2D eigenvalue weighted by Gasteiger charge is 2.21. The molecule has 1 aliphatic heterocycles. The van der Waals surface area contributed by atoms with E-state index in [0.29, 0.717) is 32.8 Å². The number of amides is 2. The number of benzene rings is 2. The van der Waals surface area contributed by atoms with Gasteiger partial charge < -0.3 is 10.2 Å². The molecule has 0 saturated carbocycles. The van der Waals surface area contributed by atoms with Crippen molar-refractivity contribution < 1.29 is 9.59 Å². The average Bonchev–Trinajstić information content (AvgIpc) is 2.61. The molecule has 1 aliphatic rings. The Labute approximate surface area is 163 Å². The highest BCUT2D eigenvalue weighted by Crippen LogP contribution is 2.21. The lowest BCUT2D eigenvalue weighted by Gasteiger charge is -2.30. The van der Waals surface area contributed by atoms with Crippen molar-refractivity contribution in [1.82, 2.24) is 4.90 Å². The summed E-state index contributed by atoms with van der Waals surface area (Å²) in [6, 6.07) is 11.6. The van der Waals surface area contributed by atoms with Gasteiger partial charge in [-0.3, -0.25) is 9.59 Å². The number of halogens is 2. The van der Waals surface area contributed by atoms with E-state index in [1.165, 1.54) is 0 Å². The quantitative estimate of drug-likeness (QED) is 0.790. The number of carbonyl (C=O) groups is 2. The number of nitrogens with zero attached hydrogens (tertiary/aromatic N) is 1. The predicted octanol–water partition coefficient (Wildman–Crippen LogP) is 5.12. The highest BCUT2D eigenvalue weighted by molar-refractivity contribution is 6.35. The van der Waals surface area contributed by atoms with Crippen LogP contribution in [0.3, 0.4) is 0 Å². The number of hydrogen-bond donors (Lipinski definition) is 1. The summed E-state index contributed by atoms with van der Waals surface area (Å²) in [7, 11) is 0. The summed E-state index contributed by atoms with van der Waals surface area (Å²) in [6.45, 7) is 3.81. The van der Waals surface area contributed by atoms with Gasteiger partial charge in [-0.25, -0.2) is 0 Å². The largest absolute Gasteiger partial charge is 0.339 e. The monoisotopic (exact) mass is 390 g/mol. The summed E-state index contributed by atoms with van der Waals surface area (Å²) in [5.74, 6) is 0.409. The van der Waals surface area contributed by atoms with E-state index in [9.17, 15) is 9.59 Å². The first-order valence-electron chi connectivity index (χ1n) is 8.59. The van der Waals surface area contributed by atoms with E-state index in [-0.39, 0.29) is 11.8 Å². The van der Waals surface area contributed by atoms with Gasteiger partial charge in [0.25, 0.3) is 11.8 Å². The van der Waals surface area contributed by atoms with Crippen LogP contribution in [0.1, 0.15) is 40.5 Å². The molecule has 3 rings (SSSR count). The van der Waals surface area contributed by atoms with Crippen LogP contribution >= 0.6 is 23.2 Å². The molecule has 4 nitrogen and oxygen atoms in total. The molecule has 2 amide bonds. The normalized spacial score (nSPS) is 15.0. The van der Waals surface area contributed by atoms with Crippen LogP contribution < -0.4 is 5.32 Å². The molecule has 0 radical (unpaired) electrons. The second kappa shape index (κ2) is 8.11. The van der Waals surface area contributed by atoms with Gasteiger partial charge in [0.2, 0.25) is 0 Å². The van der Waals surface area contributed by atoms with Gasteiger partial charge in [-0.05, 0) is 61.2 Å². The molecule has 26 heavy (non-hydrogen) atoms. The Hall–Kier alpha value is -2.04. The number of carbonyl (C=O) groups excluding carboxylic acids is 2. The van der Waals surface area contributed by atoms with Crippen molar-refractivity contribution in [2.45, 2.75) is 19.8 Å². The van der Waals surface area contributed by atoms with Gasteiger partial charge in [0.05, 0.1) is 0 Å². The Morgan fingerprint density at radius 2 is 1.54 bits per heavy atom. The third-order valence-electron chi connectivity index (χ3n) is 4.59. The molecule has 0 bridgehead atoms. The van der Waals surface area contributed by atoms with Gasteiger partial charge >= 0.3 is 0 Å². The molecule has 2 aromatic rings. The van der Waals surface area contributed by atoms with Crippen LogP contribution in [-0.4, -0.2) is 29.8 Å². The van der Waals surface area contributed by atoms with Crippen LogP contribution in [-0.2, 0) is 0 Å². The molecule has 1 heterocycles. The van der Waals surface area contributed by atoms with Crippen LogP contribution in [0.15, 0.2) is 42.5 Å². The fraction of sp³-hybridized carbons (Fsp3) is 0.300. The minimum absolute atomic E-state index is 0.0383. The SMILES string of the molecule is CC1CCN(C(=O)c2ccc(NC(=O)c3cc(Cl)cc(Cl)c3)cc2)CC1. The molecule has 1 fully saturated rings. The maximum absolute atomic E-state index is 12.5. The molecule has 1 N–H and O–H groups in total. The molecule has 0 unspecified atom stereocenters. The van der Waals surface area contributed by atoms with Crippen LogP contribution in [0, 0.1) is 5.92 Å². The highest BCUT2D eigenvalue weighted by atomic mass is 35.5. The van der Waals surface area contributed by atoms with Crippen molar-refractivity contribution in [3.8, 4) is 0 Å². The van der Waals surface area contributed by atoms with E-state index in [1.807, 2.05) is 4.90 Å². The number of rotatable bonds is 3. The first kappa shape index (κ1) is 18.7. The molecule has 0 aliphatic carbocycles. The summed E-state index contributed by atoms with van der Waals surface area (Å²) in [5, 5.41) is 3.59. The smallest absolute Gasteiger partial charge is 0.255 e. The lowest BCUT2D eigenvalue weighted by atomic mass is 9.98. The van der Waals surface area contributed by atoms with E-state index >= 15 is 0 Å². The van der Waals surface area contributed by atoms with Gasteiger partial charge in [-0.1, -0.05) is 30.1 Å². The van der Waals surface area contributed by atoms with Crippen LogP contribution in [0.4, 0.5) is 5.69 Å². The molecule has 0 aromatic heterocycles. The van der Waals surface area contributed by atoms with Gasteiger partial charge in [0, 0.05) is 39.9 Å². The summed E-state index contributed by atoms with van der Waals surface area (Å²) >= 11 is 11.9. The van der Waals surface area contributed by atoms with Gasteiger partial charge in [-0.2, -0.15) is 0 Å². The summed E-state index contributed by atoms with van der Waals surface area (Å²) in [5.41, 5.74) is 1.61. The number of piperidine rings is 1. The second-order valence-corrected chi connectivity index (χ2v) is 7.54. The third kappa shape index (κ3) is 4.57. The molecule has 0 spiro atoms. The van der Waals surface area contributed by atoms with Crippen LogP contribution in [0.25, 0.3) is 0 Å². The number of likely N-dealkylation sites (tertiary alicyclic amines) is 1. The molecule has 136 valence electrons. The zero-order valence-electron chi connectivity index (χ0n) is 14.5. The maximum atomic E-state index is 12.5. The molecule has 2 aromatic carbocycles. The Balaban J connectivity index is 1.65. The minimum atomic E-state index is -0.307. The topological polar surface area (TPSA) is 49.4 Å². The molecular weight excluding hydrogens is 371 g/mol. The van der Waals surface area contributed by atoms with E-state index in [0.717, 1.165) is 25.9 Å². The van der Waals surface area contributed by atoms with Crippen LogP contribution in [0.5, 0.6) is 0 Å². The summed E-state index contributed by atoms with van der Waals surface area (Å²) < 4.78 is 0. The fourth-order valence-corrected chi connectivity index (χ4v) is 3.50. The fourth-order valence-electron chi connectivity index (χ4n) is 2.98. The van der Waals surface area contributed by atoms with Crippen molar-refractivity contribution >= 4 is 40.7 Å². The Bertz CT molecular complexity index is 793. The maximum Gasteiger partial charge on any atom is 0.255 e. The van der Waals surface area contributed by atoms with Gasteiger partial charge in [0.1, 0.15) is 0 Å². The lowest BCUT2D eigenvalue weighted by molar-refractivity contribution is 0.0697. The Kier molecular flexibility index (Phi) is 5.84. The number of nitrogens with one attached hydrogen (secondary N) is 1. The number of anilines is 1. The van der Waals surface area contributed by atoms with E-state index in [2.05, 4.69) is 12.2 Å². The first-order valence-corrected chi connectivity index (χ1v) is 9.35. The first-order chi connectivity index (χ1) is 12.4. The zero-order chi connectivity index (χ0) is 18.7. The predicted molar refractivity (Wildman–Crippen MR) is 105 cm³/mol. The molecule has 0 atom stereocenters. The van der Waals surface area contributed by atoms with Crippen molar-refractivity contribution in [2.75, 3.05) is 18.4 Å². The molecule has 1 saturated heterocycles. The van der Waals surface area contributed by atoms with E-state index in [4.69, 9.17) is 23.2 Å². The average molecular weight is 391 g/mol. The van der Waals surface area contributed by atoms with Crippen molar-refractivity contribution in [3.63, 3.8) is 0 Å². The van der Waals surface area contributed by atoms with Crippen molar-refractivity contribution in [1.29, 1.82) is 0 Å². The van der Waals surface area contributed by atoms with Crippen LogP contribution in [0.2, 0.25) is 10.0 Å². The lowest BCUT2D eigenvalue weighted by Crippen LogP contribution is -2.37. The summed E-state index contributed by atoms with van der Waals surface area (Å²) in [4.78, 5) is 26.7. The molecule has 6 heteroatoms. The van der Waals surface area contributed by atoms with Crippen molar-refractivity contribution in [2.24, 2.45) is 5.92 Å². The standard InChI is InChI=1S/C20H20Cl2N2O2/c1-13-6-8-24(9-7-13)20(26)14-2-4-18(5-3-14)23-19(25)15-10-16(21)12-17(22)11-15/h2-5,10-13H,6-9H2,1H3,(H,23,25). The van der Waals surface area contributed by atoms with Gasteiger partial charge in [-0.15, -0.1) is 0 Å². The van der Waals surface area contributed by atoms with Crippen molar-refractivity contribution in [3.05, 3.63) is 63.6 Å². The Morgan fingerprint density at radius 3 is 2.12 bits per heavy atom. The van der Waals surface area contributed by atoms with E-state index in [1.54, 1.807) is 42.5 Å². The second-order valence-electron chi connectivity index (χ2n) is 6.66. The zero-order valence-corrected chi connectivity index (χ0v) is 16.0. The Morgan fingerprint density at radius 1 is 0.962 bits per heavy atom. The number of hydrogen-bond acceptors (Lipinski definition) is 2.